The van der Waals surface area contributed by atoms with Crippen LogP contribution in [0.5, 0.6) is 0 Å². The van der Waals surface area contributed by atoms with E-state index in [1.54, 1.807) is 25.1 Å². The van der Waals surface area contributed by atoms with Crippen molar-refractivity contribution in [1.29, 1.82) is 0 Å². The topological polar surface area (TPSA) is 83.9 Å². The molecule has 1 aliphatic rings. The first kappa shape index (κ1) is 18.2. The van der Waals surface area contributed by atoms with Crippen LogP contribution in [0.1, 0.15) is 29.8 Å². The highest BCUT2D eigenvalue weighted by Crippen LogP contribution is 2.34. The molecular weight excluding hydrogens is 350 g/mol. The Morgan fingerprint density at radius 1 is 1.42 bits per heavy atom. The van der Waals surface area contributed by atoms with E-state index in [0.29, 0.717) is 5.56 Å². The summed E-state index contributed by atoms with van der Waals surface area (Å²) in [6.45, 7) is 3.42. The molecule has 126 valence electrons. The van der Waals surface area contributed by atoms with Crippen molar-refractivity contribution in [3.8, 4) is 0 Å². The largest absolute Gasteiger partial charge is 0.478 e. The fourth-order valence-electron chi connectivity index (χ4n) is 2.14. The lowest BCUT2D eigenvalue weighted by Gasteiger charge is -2.21. The van der Waals surface area contributed by atoms with Gasteiger partial charge < -0.3 is 9.84 Å². The van der Waals surface area contributed by atoms with Crippen molar-refractivity contribution in [2.24, 2.45) is 0 Å². The zero-order chi connectivity index (χ0) is 17.9. The monoisotopic (exact) mass is 365 g/mol. The first-order valence-corrected chi connectivity index (χ1v) is 8.35. The number of benzene rings is 1. The van der Waals surface area contributed by atoms with E-state index in [0.717, 1.165) is 11.8 Å². The summed E-state index contributed by atoms with van der Waals surface area (Å²) < 4.78 is 5.15. The van der Waals surface area contributed by atoms with Gasteiger partial charge in [-0.1, -0.05) is 42.2 Å². The van der Waals surface area contributed by atoms with Crippen LogP contribution in [0.25, 0.3) is 6.08 Å². The van der Waals surface area contributed by atoms with Crippen LogP contribution in [0.2, 0.25) is 0 Å². The van der Waals surface area contributed by atoms with Crippen LogP contribution in [-0.2, 0) is 14.3 Å². The van der Waals surface area contributed by atoms with E-state index in [2.05, 4.69) is 0 Å². The van der Waals surface area contributed by atoms with E-state index >= 15 is 0 Å². The molecular formula is C16H15NO5S2. The number of thioether (sulfide) groups is 1. The summed E-state index contributed by atoms with van der Waals surface area (Å²) in [5.41, 5.74) is 0.482. The molecule has 0 aliphatic carbocycles. The lowest BCUT2D eigenvalue weighted by molar-refractivity contribution is -0.149. The molecule has 0 saturated carbocycles. The number of hydrogen-bond donors (Lipinski definition) is 1. The minimum absolute atomic E-state index is 0.0845. The smallest absolute Gasteiger partial charge is 0.336 e. The highest BCUT2D eigenvalue weighted by Gasteiger charge is 2.38. The highest BCUT2D eigenvalue weighted by molar-refractivity contribution is 8.26. The summed E-state index contributed by atoms with van der Waals surface area (Å²) in [4.78, 5) is 37.1. The quantitative estimate of drug-likeness (QED) is 0.488. The van der Waals surface area contributed by atoms with Gasteiger partial charge in [-0.25, -0.2) is 9.59 Å². The number of carboxylic acid groups (broad SMARTS) is 1. The first-order chi connectivity index (χ1) is 11.4. The molecule has 0 radical (unpaired) electrons. The second-order valence-corrected chi connectivity index (χ2v) is 6.55. The second kappa shape index (κ2) is 7.59. The number of thiocarbonyl (C=S) groups is 1. The molecule has 0 spiro atoms. The van der Waals surface area contributed by atoms with Gasteiger partial charge in [0.15, 0.2) is 0 Å². The van der Waals surface area contributed by atoms with Gasteiger partial charge in [-0.2, -0.15) is 0 Å². The molecule has 1 aromatic carbocycles. The molecule has 1 atom stereocenters. The van der Waals surface area contributed by atoms with Crippen molar-refractivity contribution in [3.05, 3.63) is 40.3 Å². The Balaban J connectivity index is 2.32. The lowest BCUT2D eigenvalue weighted by Crippen LogP contribution is -2.42. The molecule has 1 amide bonds. The third-order valence-corrected chi connectivity index (χ3v) is 4.65. The van der Waals surface area contributed by atoms with Crippen molar-refractivity contribution in [1.82, 2.24) is 4.90 Å². The van der Waals surface area contributed by atoms with Crippen molar-refractivity contribution >= 4 is 52.2 Å². The van der Waals surface area contributed by atoms with Crippen LogP contribution in [0, 0.1) is 0 Å². The van der Waals surface area contributed by atoms with Gasteiger partial charge in [-0.05, 0) is 31.6 Å². The minimum atomic E-state index is -1.09. The Labute approximate surface area is 148 Å². The third-order valence-electron chi connectivity index (χ3n) is 3.32. The molecule has 24 heavy (non-hydrogen) atoms. The number of nitrogens with zero attached hydrogens (tertiary/aromatic N) is 1. The van der Waals surface area contributed by atoms with E-state index in [1.807, 2.05) is 0 Å². The van der Waals surface area contributed by atoms with Crippen LogP contribution in [0.4, 0.5) is 0 Å². The molecule has 1 unspecified atom stereocenters. The van der Waals surface area contributed by atoms with Gasteiger partial charge in [0.05, 0.1) is 17.1 Å². The fraction of sp³-hybridized carbons (Fsp3) is 0.250. The van der Waals surface area contributed by atoms with Gasteiger partial charge in [0, 0.05) is 0 Å². The molecule has 1 saturated heterocycles. The maximum Gasteiger partial charge on any atom is 0.336 e. The fourth-order valence-corrected chi connectivity index (χ4v) is 3.55. The highest BCUT2D eigenvalue weighted by atomic mass is 32.2. The standard InChI is InChI=1S/C16H15NO5S2/c1-3-22-15(21)9(2)17-13(18)12(24-16(17)23)8-10-6-4-5-7-11(10)14(19)20/h4-9H,3H2,1-2H3,(H,19,20)/b12-8-. The molecule has 1 aliphatic heterocycles. The Bertz CT molecular complexity index is 744. The van der Waals surface area contributed by atoms with Crippen molar-refractivity contribution < 1.29 is 24.2 Å². The zero-order valence-electron chi connectivity index (χ0n) is 13.0. The summed E-state index contributed by atoms with van der Waals surface area (Å²) in [7, 11) is 0. The maximum absolute atomic E-state index is 12.5. The van der Waals surface area contributed by atoms with E-state index in [9.17, 15) is 19.5 Å². The normalized spacial score (nSPS) is 17.2. The average molecular weight is 365 g/mol. The summed E-state index contributed by atoms with van der Waals surface area (Å²) >= 11 is 6.21. The Morgan fingerprint density at radius 2 is 2.08 bits per heavy atom. The number of carbonyl (C=O) groups excluding carboxylic acids is 2. The van der Waals surface area contributed by atoms with E-state index in [1.165, 1.54) is 24.0 Å². The number of esters is 1. The van der Waals surface area contributed by atoms with Crippen molar-refractivity contribution in [3.63, 3.8) is 0 Å². The van der Waals surface area contributed by atoms with Gasteiger partial charge in [0.25, 0.3) is 5.91 Å². The second-order valence-electron chi connectivity index (χ2n) is 4.87. The zero-order valence-corrected chi connectivity index (χ0v) is 14.6. The van der Waals surface area contributed by atoms with Gasteiger partial charge >= 0.3 is 11.9 Å². The van der Waals surface area contributed by atoms with Crippen LogP contribution in [0.15, 0.2) is 29.2 Å². The predicted molar refractivity (Wildman–Crippen MR) is 94.5 cm³/mol. The number of hydrogen-bond acceptors (Lipinski definition) is 6. The van der Waals surface area contributed by atoms with E-state index < -0.39 is 23.9 Å². The van der Waals surface area contributed by atoms with Crippen LogP contribution >= 0.6 is 24.0 Å². The number of ether oxygens (including phenoxy) is 1. The Morgan fingerprint density at radius 3 is 2.71 bits per heavy atom. The number of carbonyl (C=O) groups is 3. The van der Waals surface area contributed by atoms with Gasteiger partial charge in [-0.3, -0.25) is 9.69 Å². The SMILES string of the molecule is CCOC(=O)C(C)N1C(=O)/C(=C/c2ccccc2C(=O)O)SC1=S. The number of carboxylic acids is 1. The van der Waals surface area contributed by atoms with Crippen LogP contribution in [0.3, 0.4) is 0 Å². The summed E-state index contributed by atoms with van der Waals surface area (Å²) in [5, 5.41) is 9.21. The lowest BCUT2D eigenvalue weighted by atomic mass is 10.1. The molecule has 1 fully saturated rings. The van der Waals surface area contributed by atoms with Crippen LogP contribution < -0.4 is 0 Å². The maximum atomic E-state index is 12.5. The molecule has 2 rings (SSSR count). The predicted octanol–water partition coefficient (Wildman–Crippen LogP) is 2.54. The molecule has 1 N–H and O–H groups in total. The Kier molecular flexibility index (Phi) is 5.74. The molecule has 6 nitrogen and oxygen atoms in total. The number of amides is 1. The van der Waals surface area contributed by atoms with Crippen LogP contribution in [-0.4, -0.2) is 44.8 Å². The summed E-state index contributed by atoms with van der Waals surface area (Å²) in [6.07, 6.45) is 1.47. The third kappa shape index (κ3) is 3.65. The number of rotatable bonds is 5. The molecule has 1 heterocycles. The number of aromatic carboxylic acids is 1. The minimum Gasteiger partial charge on any atom is -0.478 e. The summed E-state index contributed by atoms with van der Waals surface area (Å²) in [6, 6.07) is 5.51. The van der Waals surface area contributed by atoms with E-state index in [4.69, 9.17) is 17.0 Å². The Hall–Kier alpha value is -2.19. The molecule has 0 bridgehead atoms. The van der Waals surface area contributed by atoms with Gasteiger partial charge in [-0.15, -0.1) is 0 Å². The van der Waals surface area contributed by atoms with E-state index in [-0.39, 0.29) is 21.4 Å². The molecule has 1 aromatic rings. The van der Waals surface area contributed by atoms with Gasteiger partial charge in [0.1, 0.15) is 10.4 Å². The average Bonchev–Trinajstić information content (AvgIpc) is 2.81. The summed E-state index contributed by atoms with van der Waals surface area (Å²) in [5.74, 6) is -2.07. The molecule has 0 aromatic heterocycles. The first-order valence-electron chi connectivity index (χ1n) is 7.12. The van der Waals surface area contributed by atoms with Crippen molar-refractivity contribution in [2.45, 2.75) is 19.9 Å². The van der Waals surface area contributed by atoms with Gasteiger partial charge in [0.2, 0.25) is 0 Å². The van der Waals surface area contributed by atoms with Crippen molar-refractivity contribution in [2.75, 3.05) is 6.61 Å². The molecule has 8 heteroatoms.